The van der Waals surface area contributed by atoms with Crippen molar-refractivity contribution in [1.29, 1.82) is 0 Å². The van der Waals surface area contributed by atoms with Crippen LogP contribution in [0.5, 0.6) is 11.5 Å². The van der Waals surface area contributed by atoms with Crippen LogP contribution in [0, 0.1) is 6.92 Å². The van der Waals surface area contributed by atoms with Gasteiger partial charge in [0.15, 0.2) is 11.5 Å². The molecule has 0 bridgehead atoms. The Morgan fingerprint density at radius 3 is 2.45 bits per heavy atom. The van der Waals surface area contributed by atoms with Gasteiger partial charge in [-0.3, -0.25) is 0 Å². The first kappa shape index (κ1) is 22.7. The van der Waals surface area contributed by atoms with Crippen molar-refractivity contribution in [3.8, 4) is 11.5 Å². The van der Waals surface area contributed by atoms with Crippen LogP contribution in [-0.2, 0) is 19.5 Å². The molecule has 3 rings (SSSR count). The van der Waals surface area contributed by atoms with Gasteiger partial charge in [-0.1, -0.05) is 18.2 Å². The van der Waals surface area contributed by atoms with Crippen LogP contribution in [0.25, 0.3) is 10.9 Å². The second-order valence-corrected chi connectivity index (χ2v) is 7.47. The van der Waals surface area contributed by atoms with Gasteiger partial charge in [-0.25, -0.2) is 4.79 Å². The highest BCUT2D eigenvalue weighted by Crippen LogP contribution is 2.29. The van der Waals surface area contributed by atoms with Gasteiger partial charge in [0.1, 0.15) is 5.69 Å². The Labute approximate surface area is 183 Å². The van der Waals surface area contributed by atoms with Crippen LogP contribution in [0.2, 0.25) is 0 Å². The molecule has 2 N–H and O–H groups in total. The fourth-order valence-corrected chi connectivity index (χ4v) is 3.98. The Kier molecular flexibility index (Phi) is 7.58. The minimum absolute atomic E-state index is 0.371. The number of carboxylic acids is 1. The summed E-state index contributed by atoms with van der Waals surface area (Å²) in [5.74, 6) is 0.631. The van der Waals surface area contributed by atoms with Gasteiger partial charge >= 0.3 is 5.97 Å². The maximum absolute atomic E-state index is 12.0. The summed E-state index contributed by atoms with van der Waals surface area (Å²) in [5, 5.41) is 14.3. The standard InChI is InChI=1S/C25H32N2O4/c1-5-27-21-14-17(4)8-10-19(21)20(24(27)25(28)29)16-26-13-12-18-9-11-22(30-6-2)23(15-18)31-7-3/h8-11,14-15,26H,5-7,12-13,16H2,1-4H3,(H,28,29). The summed E-state index contributed by atoms with van der Waals surface area (Å²) in [7, 11) is 0. The molecule has 0 atom stereocenters. The highest BCUT2D eigenvalue weighted by Gasteiger charge is 2.21. The molecule has 0 saturated heterocycles. The van der Waals surface area contributed by atoms with Gasteiger partial charge in [-0.2, -0.15) is 0 Å². The molecule has 3 aromatic rings. The van der Waals surface area contributed by atoms with Gasteiger partial charge in [0.2, 0.25) is 0 Å². The molecule has 0 spiro atoms. The molecule has 0 amide bonds. The molecular formula is C25H32N2O4. The third kappa shape index (κ3) is 5.02. The first-order valence-corrected chi connectivity index (χ1v) is 10.9. The topological polar surface area (TPSA) is 72.7 Å². The minimum atomic E-state index is -0.889. The lowest BCUT2D eigenvalue weighted by Crippen LogP contribution is -2.19. The van der Waals surface area contributed by atoms with Crippen molar-refractivity contribution in [1.82, 2.24) is 9.88 Å². The van der Waals surface area contributed by atoms with E-state index in [1.807, 2.05) is 62.6 Å². The van der Waals surface area contributed by atoms with Crippen LogP contribution in [-0.4, -0.2) is 35.4 Å². The normalized spacial score (nSPS) is 11.1. The van der Waals surface area contributed by atoms with E-state index in [0.717, 1.165) is 52.1 Å². The van der Waals surface area contributed by atoms with Crippen LogP contribution >= 0.6 is 0 Å². The number of hydrogen-bond acceptors (Lipinski definition) is 4. The van der Waals surface area contributed by atoms with E-state index in [-0.39, 0.29) is 0 Å². The summed E-state index contributed by atoms with van der Waals surface area (Å²) in [6.45, 7) is 10.9. The molecule has 0 aliphatic rings. The number of ether oxygens (including phenoxy) is 2. The highest BCUT2D eigenvalue weighted by atomic mass is 16.5. The zero-order chi connectivity index (χ0) is 22.4. The fraction of sp³-hybridized carbons (Fsp3) is 0.400. The van der Waals surface area contributed by atoms with E-state index in [1.165, 1.54) is 0 Å². The van der Waals surface area contributed by atoms with E-state index in [0.29, 0.717) is 32.0 Å². The number of hydrogen-bond donors (Lipinski definition) is 2. The summed E-state index contributed by atoms with van der Waals surface area (Å²) in [6, 6.07) is 12.1. The molecule has 0 unspecified atom stereocenters. The summed E-state index contributed by atoms with van der Waals surface area (Å²) >= 11 is 0. The Balaban J connectivity index is 1.74. The summed E-state index contributed by atoms with van der Waals surface area (Å²) in [4.78, 5) is 12.0. The molecular weight excluding hydrogens is 392 g/mol. The van der Waals surface area contributed by atoms with E-state index in [2.05, 4.69) is 11.4 Å². The molecule has 1 heterocycles. The van der Waals surface area contributed by atoms with Gasteiger partial charge < -0.3 is 24.5 Å². The number of aromatic nitrogens is 1. The number of carboxylic acid groups (broad SMARTS) is 1. The third-order valence-corrected chi connectivity index (χ3v) is 5.34. The van der Waals surface area contributed by atoms with Crippen LogP contribution in [0.3, 0.4) is 0 Å². The number of aromatic carboxylic acids is 1. The molecule has 6 heteroatoms. The van der Waals surface area contributed by atoms with E-state index in [4.69, 9.17) is 9.47 Å². The quantitative estimate of drug-likeness (QED) is 0.433. The van der Waals surface area contributed by atoms with E-state index in [1.54, 1.807) is 0 Å². The zero-order valence-corrected chi connectivity index (χ0v) is 18.8. The lowest BCUT2D eigenvalue weighted by Gasteiger charge is -2.13. The Bertz CT molecular complexity index is 1060. The Morgan fingerprint density at radius 1 is 1.03 bits per heavy atom. The smallest absolute Gasteiger partial charge is 0.352 e. The second-order valence-electron chi connectivity index (χ2n) is 7.47. The largest absolute Gasteiger partial charge is 0.490 e. The van der Waals surface area contributed by atoms with Crippen molar-refractivity contribution in [3.05, 3.63) is 58.8 Å². The van der Waals surface area contributed by atoms with Crippen molar-refractivity contribution in [3.63, 3.8) is 0 Å². The van der Waals surface area contributed by atoms with Crippen molar-refractivity contribution in [2.45, 2.75) is 47.2 Å². The van der Waals surface area contributed by atoms with E-state index < -0.39 is 5.97 Å². The van der Waals surface area contributed by atoms with E-state index in [9.17, 15) is 9.90 Å². The predicted octanol–water partition coefficient (Wildman–Crippen LogP) is 4.80. The summed E-state index contributed by atoms with van der Waals surface area (Å²) < 4.78 is 13.2. The SMILES string of the molecule is CCOc1ccc(CCNCc2c(C(=O)O)n(CC)c3cc(C)ccc23)cc1OCC. The minimum Gasteiger partial charge on any atom is -0.490 e. The molecule has 166 valence electrons. The third-order valence-electron chi connectivity index (χ3n) is 5.34. The van der Waals surface area contributed by atoms with Gasteiger partial charge in [0, 0.05) is 29.6 Å². The molecule has 0 saturated carbocycles. The molecule has 0 aliphatic heterocycles. The molecule has 0 fully saturated rings. The van der Waals surface area contributed by atoms with Crippen molar-refractivity contribution >= 4 is 16.9 Å². The number of aryl methyl sites for hydroxylation is 2. The molecule has 0 radical (unpaired) electrons. The van der Waals surface area contributed by atoms with Gasteiger partial charge in [0.25, 0.3) is 0 Å². The predicted molar refractivity (Wildman–Crippen MR) is 123 cm³/mol. The maximum Gasteiger partial charge on any atom is 0.352 e. The van der Waals surface area contributed by atoms with Crippen LogP contribution in [0.15, 0.2) is 36.4 Å². The van der Waals surface area contributed by atoms with Crippen LogP contribution < -0.4 is 14.8 Å². The number of nitrogens with one attached hydrogen (secondary N) is 1. The first-order chi connectivity index (χ1) is 15.0. The lowest BCUT2D eigenvalue weighted by atomic mass is 10.1. The average Bonchev–Trinajstić information content (AvgIpc) is 3.06. The van der Waals surface area contributed by atoms with Gasteiger partial charge in [-0.05, 0) is 70.0 Å². The lowest BCUT2D eigenvalue weighted by molar-refractivity contribution is 0.0684. The number of benzene rings is 2. The zero-order valence-electron chi connectivity index (χ0n) is 18.8. The second kappa shape index (κ2) is 10.4. The van der Waals surface area contributed by atoms with Crippen molar-refractivity contribution in [2.75, 3.05) is 19.8 Å². The van der Waals surface area contributed by atoms with Crippen molar-refractivity contribution in [2.24, 2.45) is 0 Å². The monoisotopic (exact) mass is 424 g/mol. The highest BCUT2D eigenvalue weighted by molar-refractivity contribution is 5.98. The van der Waals surface area contributed by atoms with Gasteiger partial charge in [-0.15, -0.1) is 0 Å². The number of rotatable bonds is 11. The van der Waals surface area contributed by atoms with Crippen LogP contribution in [0.1, 0.15) is 48.0 Å². The fourth-order valence-electron chi connectivity index (χ4n) is 3.98. The maximum atomic E-state index is 12.0. The summed E-state index contributed by atoms with van der Waals surface area (Å²) in [6.07, 6.45) is 0.806. The van der Waals surface area contributed by atoms with E-state index >= 15 is 0 Å². The number of carbonyl (C=O) groups is 1. The average molecular weight is 425 g/mol. The molecule has 2 aromatic carbocycles. The first-order valence-electron chi connectivity index (χ1n) is 10.9. The van der Waals surface area contributed by atoms with Crippen molar-refractivity contribution < 1.29 is 19.4 Å². The Hall–Kier alpha value is -2.99. The number of nitrogens with zero attached hydrogens (tertiary/aromatic N) is 1. The molecule has 1 aromatic heterocycles. The molecule has 6 nitrogen and oxygen atoms in total. The molecule has 31 heavy (non-hydrogen) atoms. The van der Waals surface area contributed by atoms with Gasteiger partial charge in [0.05, 0.1) is 13.2 Å². The summed E-state index contributed by atoms with van der Waals surface area (Å²) in [5.41, 5.74) is 4.45. The molecule has 0 aliphatic carbocycles. The van der Waals surface area contributed by atoms with Crippen LogP contribution in [0.4, 0.5) is 0 Å². The number of fused-ring (bicyclic) bond motifs is 1. The Morgan fingerprint density at radius 2 is 1.77 bits per heavy atom.